The minimum atomic E-state index is -3.30. The van der Waals surface area contributed by atoms with Crippen molar-refractivity contribution in [3.63, 3.8) is 0 Å². The summed E-state index contributed by atoms with van der Waals surface area (Å²) >= 11 is 0. The molecule has 1 aliphatic heterocycles. The second-order valence-electron chi connectivity index (χ2n) is 6.61. The molecule has 6 nitrogen and oxygen atoms in total. The van der Waals surface area contributed by atoms with Crippen molar-refractivity contribution in [1.82, 2.24) is 4.98 Å². The molecule has 1 aromatic carbocycles. The van der Waals surface area contributed by atoms with E-state index >= 15 is 0 Å². The molecule has 2 aromatic rings. The van der Waals surface area contributed by atoms with Gasteiger partial charge in [0.1, 0.15) is 5.76 Å². The van der Waals surface area contributed by atoms with Gasteiger partial charge in [-0.2, -0.15) is 0 Å². The Morgan fingerprint density at radius 3 is 2.22 bits per heavy atom. The number of sulfone groups is 1. The lowest BCUT2D eigenvalue weighted by molar-refractivity contribution is -0.126. The lowest BCUT2D eigenvalue weighted by Crippen LogP contribution is -2.32. The lowest BCUT2D eigenvalue weighted by Gasteiger charge is -2.21. The first kappa shape index (κ1) is 19.1. The maximum atomic E-state index is 13.1. The summed E-state index contributed by atoms with van der Waals surface area (Å²) in [6.07, 6.45) is 3.23. The molecule has 0 amide bonds. The fraction of sp³-hybridized carbons (Fsp3) is 0.300. The highest BCUT2D eigenvalue weighted by molar-refractivity contribution is 7.90. The van der Waals surface area contributed by atoms with Crippen LogP contribution in [0.1, 0.15) is 31.4 Å². The molecule has 27 heavy (non-hydrogen) atoms. The summed E-state index contributed by atoms with van der Waals surface area (Å²) in [6.45, 7) is 3.64. The molecular formula is C20H21NO5S. The fourth-order valence-electron chi connectivity index (χ4n) is 2.89. The van der Waals surface area contributed by atoms with Crippen LogP contribution in [0, 0.1) is 0 Å². The molecule has 0 fully saturated rings. The van der Waals surface area contributed by atoms with Crippen LogP contribution in [0.15, 0.2) is 47.5 Å². The summed E-state index contributed by atoms with van der Waals surface area (Å²) in [6, 6.07) is 9.76. The molecule has 1 atom stereocenters. The molecule has 7 heteroatoms. The van der Waals surface area contributed by atoms with Gasteiger partial charge in [-0.3, -0.25) is 4.79 Å². The van der Waals surface area contributed by atoms with Crippen molar-refractivity contribution in [2.24, 2.45) is 0 Å². The summed E-state index contributed by atoms with van der Waals surface area (Å²) in [7, 11) is -1.78. The Morgan fingerprint density at radius 2 is 1.74 bits per heavy atom. The Labute approximate surface area is 158 Å². The number of carbonyl (C=O) groups excluding carboxylic acids is 1. The van der Waals surface area contributed by atoms with Crippen molar-refractivity contribution in [2.75, 3.05) is 13.4 Å². The zero-order valence-corrected chi connectivity index (χ0v) is 16.5. The van der Waals surface area contributed by atoms with Crippen molar-refractivity contribution in [3.05, 3.63) is 53.7 Å². The average Bonchev–Trinajstić information content (AvgIpc) is 2.93. The van der Waals surface area contributed by atoms with E-state index in [9.17, 15) is 13.2 Å². The van der Waals surface area contributed by atoms with Crippen LogP contribution in [0.25, 0.3) is 11.3 Å². The summed E-state index contributed by atoms with van der Waals surface area (Å²) in [5, 5.41) is 0. The minimum absolute atomic E-state index is 0.126. The SMILES string of the molecule is CCC1(C)OC(c2ccc(S(C)(=O)=O)cc2)=C(c2ccc(OC)nc2)C1=O. The average molecular weight is 387 g/mol. The summed E-state index contributed by atoms with van der Waals surface area (Å²) < 4.78 is 34.5. The van der Waals surface area contributed by atoms with Gasteiger partial charge in [0, 0.05) is 29.6 Å². The van der Waals surface area contributed by atoms with E-state index in [0.717, 1.165) is 6.26 Å². The summed E-state index contributed by atoms with van der Waals surface area (Å²) in [4.78, 5) is 17.5. The standard InChI is InChI=1S/C20H21NO5S/c1-5-20(2)19(22)17(14-8-11-16(25-3)21-12-14)18(26-20)13-6-9-15(10-7-13)27(4,23)24/h6-12H,5H2,1-4H3. The molecule has 2 heterocycles. The van der Waals surface area contributed by atoms with E-state index in [2.05, 4.69) is 4.98 Å². The number of methoxy groups -OCH3 is 1. The molecule has 0 saturated carbocycles. The van der Waals surface area contributed by atoms with Crippen LogP contribution in [-0.2, 0) is 19.4 Å². The third-order valence-electron chi connectivity index (χ3n) is 4.72. The van der Waals surface area contributed by atoms with E-state index in [1.165, 1.54) is 19.2 Å². The maximum Gasteiger partial charge on any atom is 0.212 e. The van der Waals surface area contributed by atoms with Gasteiger partial charge in [0.2, 0.25) is 11.7 Å². The molecular weight excluding hydrogens is 366 g/mol. The second kappa shape index (κ2) is 6.81. The minimum Gasteiger partial charge on any atom is -0.481 e. The lowest BCUT2D eigenvalue weighted by atomic mass is 9.90. The maximum absolute atomic E-state index is 13.1. The summed E-state index contributed by atoms with van der Waals surface area (Å²) in [5.74, 6) is 0.749. The van der Waals surface area contributed by atoms with Gasteiger partial charge in [-0.15, -0.1) is 0 Å². The Morgan fingerprint density at radius 1 is 1.11 bits per heavy atom. The van der Waals surface area contributed by atoms with Gasteiger partial charge in [-0.05, 0) is 43.7 Å². The Kier molecular flexibility index (Phi) is 4.82. The van der Waals surface area contributed by atoms with E-state index < -0.39 is 15.4 Å². The predicted octanol–water partition coefficient (Wildman–Crippen LogP) is 3.13. The highest BCUT2D eigenvalue weighted by Crippen LogP contribution is 2.43. The van der Waals surface area contributed by atoms with Crippen LogP contribution in [0.2, 0.25) is 0 Å². The third-order valence-corrected chi connectivity index (χ3v) is 5.84. The first-order valence-electron chi connectivity index (χ1n) is 8.48. The van der Waals surface area contributed by atoms with E-state index in [1.807, 2.05) is 6.92 Å². The van der Waals surface area contributed by atoms with E-state index in [0.29, 0.717) is 34.8 Å². The smallest absolute Gasteiger partial charge is 0.212 e. The van der Waals surface area contributed by atoms with E-state index in [1.54, 1.807) is 37.4 Å². The zero-order chi connectivity index (χ0) is 19.8. The second-order valence-corrected chi connectivity index (χ2v) is 8.62. The third kappa shape index (κ3) is 3.47. The molecule has 0 bridgehead atoms. The highest BCUT2D eigenvalue weighted by Gasteiger charge is 2.45. The number of rotatable bonds is 5. The van der Waals surface area contributed by atoms with E-state index in [-0.39, 0.29) is 10.7 Å². The molecule has 0 spiro atoms. The van der Waals surface area contributed by atoms with Gasteiger partial charge in [0.05, 0.1) is 17.6 Å². The van der Waals surface area contributed by atoms with Crippen molar-refractivity contribution < 1.29 is 22.7 Å². The monoisotopic (exact) mass is 387 g/mol. The number of nitrogens with zero attached hydrogens (tertiary/aromatic N) is 1. The molecule has 0 saturated heterocycles. The van der Waals surface area contributed by atoms with Gasteiger partial charge in [0.25, 0.3) is 0 Å². The molecule has 3 rings (SSSR count). The quantitative estimate of drug-likeness (QED) is 0.784. The molecule has 0 aliphatic carbocycles. The van der Waals surface area contributed by atoms with Crippen LogP contribution < -0.4 is 4.74 Å². The first-order valence-corrected chi connectivity index (χ1v) is 10.4. The first-order chi connectivity index (χ1) is 12.7. The van der Waals surface area contributed by atoms with Crippen molar-refractivity contribution in [1.29, 1.82) is 0 Å². The number of hydrogen-bond acceptors (Lipinski definition) is 6. The Hall–Kier alpha value is -2.67. The van der Waals surface area contributed by atoms with E-state index in [4.69, 9.17) is 9.47 Å². The van der Waals surface area contributed by atoms with Gasteiger partial charge in [0.15, 0.2) is 15.4 Å². The Bertz CT molecular complexity index is 1010. The van der Waals surface area contributed by atoms with Crippen molar-refractivity contribution in [2.45, 2.75) is 30.8 Å². The summed E-state index contributed by atoms with van der Waals surface area (Å²) in [5.41, 5.74) is 0.723. The highest BCUT2D eigenvalue weighted by atomic mass is 32.2. The number of benzene rings is 1. The number of pyridine rings is 1. The number of ketones is 1. The van der Waals surface area contributed by atoms with Crippen LogP contribution in [-0.4, -0.2) is 38.2 Å². The fourth-order valence-corrected chi connectivity index (χ4v) is 3.52. The number of Topliss-reactive ketones (excluding diaryl/α,β-unsaturated/α-hetero) is 1. The Balaban J connectivity index is 2.14. The van der Waals surface area contributed by atoms with Crippen molar-refractivity contribution >= 4 is 27.0 Å². The van der Waals surface area contributed by atoms with Crippen LogP contribution >= 0.6 is 0 Å². The molecule has 0 radical (unpaired) electrons. The molecule has 0 N–H and O–H groups in total. The van der Waals surface area contributed by atoms with Gasteiger partial charge < -0.3 is 9.47 Å². The topological polar surface area (TPSA) is 82.6 Å². The van der Waals surface area contributed by atoms with Gasteiger partial charge in [-0.25, -0.2) is 13.4 Å². The molecule has 1 aromatic heterocycles. The van der Waals surface area contributed by atoms with Gasteiger partial charge >= 0.3 is 0 Å². The molecule has 142 valence electrons. The molecule has 1 unspecified atom stereocenters. The normalized spacial score (nSPS) is 19.9. The van der Waals surface area contributed by atoms with Crippen LogP contribution in [0.5, 0.6) is 5.88 Å². The van der Waals surface area contributed by atoms with Crippen LogP contribution in [0.3, 0.4) is 0 Å². The number of aromatic nitrogens is 1. The number of carbonyl (C=O) groups is 1. The number of ether oxygens (including phenoxy) is 2. The molecule has 1 aliphatic rings. The van der Waals surface area contributed by atoms with Crippen molar-refractivity contribution in [3.8, 4) is 5.88 Å². The van der Waals surface area contributed by atoms with Gasteiger partial charge in [-0.1, -0.05) is 6.92 Å². The van der Waals surface area contributed by atoms with Crippen LogP contribution in [0.4, 0.5) is 0 Å². The zero-order valence-electron chi connectivity index (χ0n) is 15.6. The number of hydrogen-bond donors (Lipinski definition) is 0. The largest absolute Gasteiger partial charge is 0.481 e. The predicted molar refractivity (Wildman–Crippen MR) is 102 cm³/mol.